The predicted molar refractivity (Wildman–Crippen MR) is 134 cm³/mol. The number of carbonyl (C=O) groups is 1. The summed E-state index contributed by atoms with van der Waals surface area (Å²) in [6.07, 6.45) is 23.8. The molecule has 30 heavy (non-hydrogen) atoms. The number of hydrogen-bond acceptors (Lipinski definition) is 1. The molecule has 0 atom stereocenters. The van der Waals surface area contributed by atoms with Crippen LogP contribution < -0.4 is 11.1 Å². The topological polar surface area (TPSA) is 55.1 Å². The van der Waals surface area contributed by atoms with E-state index in [1.54, 1.807) is 0 Å². The average Bonchev–Trinajstić information content (AvgIpc) is 2.76. The van der Waals surface area contributed by atoms with Crippen LogP contribution in [0.25, 0.3) is 6.08 Å². The number of amides is 2. The summed E-state index contributed by atoms with van der Waals surface area (Å²) in [6.45, 7) is 6.64. The molecule has 0 aliphatic carbocycles. The van der Waals surface area contributed by atoms with Gasteiger partial charge in [-0.3, -0.25) is 0 Å². The zero-order valence-electron chi connectivity index (χ0n) is 19.7. The van der Waals surface area contributed by atoms with Gasteiger partial charge in [0, 0.05) is 6.54 Å². The van der Waals surface area contributed by atoms with E-state index in [0.717, 1.165) is 13.0 Å². The van der Waals surface area contributed by atoms with Crippen LogP contribution in [0.3, 0.4) is 0 Å². The number of unbranched alkanes of at least 4 members (excludes halogenated alkanes) is 15. The van der Waals surface area contributed by atoms with Crippen LogP contribution >= 0.6 is 0 Å². The zero-order chi connectivity index (χ0) is 22.1. The Morgan fingerprint density at radius 3 is 1.50 bits per heavy atom. The minimum absolute atomic E-state index is 0.402. The molecule has 0 heterocycles. The first-order chi connectivity index (χ1) is 14.7. The summed E-state index contributed by atoms with van der Waals surface area (Å²) in [7, 11) is 0. The lowest BCUT2D eigenvalue weighted by Crippen LogP contribution is -2.29. The number of carbonyl (C=O) groups excluding carboxylic acids is 1. The van der Waals surface area contributed by atoms with E-state index in [9.17, 15) is 4.79 Å². The Balaban J connectivity index is 0.000000867. The highest BCUT2D eigenvalue weighted by Crippen LogP contribution is 2.13. The normalized spacial score (nSPS) is 10.2. The van der Waals surface area contributed by atoms with E-state index in [2.05, 4.69) is 18.8 Å². The molecule has 172 valence electrons. The fourth-order valence-electron chi connectivity index (χ4n) is 3.47. The largest absolute Gasteiger partial charge is 0.352 e. The molecule has 0 aliphatic rings. The first kappa shape index (κ1) is 28.2. The SMILES string of the molecule is C=Cc1ccccc1.CCCCCCCCCCCCCCCCCCNC(N)=O. The molecule has 0 spiro atoms. The molecule has 3 N–H and O–H groups in total. The van der Waals surface area contributed by atoms with Gasteiger partial charge in [-0.2, -0.15) is 0 Å². The van der Waals surface area contributed by atoms with E-state index in [-0.39, 0.29) is 0 Å². The molecule has 0 bridgehead atoms. The lowest BCUT2D eigenvalue weighted by molar-refractivity contribution is 0.248. The molecule has 0 fully saturated rings. The summed E-state index contributed by atoms with van der Waals surface area (Å²) in [6, 6.07) is 9.63. The molecular formula is C27H48N2O. The summed E-state index contributed by atoms with van der Waals surface area (Å²) in [4.78, 5) is 10.5. The first-order valence-corrected chi connectivity index (χ1v) is 12.4. The van der Waals surface area contributed by atoms with Crippen LogP contribution in [0.4, 0.5) is 4.79 Å². The maximum atomic E-state index is 10.5. The van der Waals surface area contributed by atoms with Gasteiger partial charge in [-0.25, -0.2) is 4.79 Å². The third kappa shape index (κ3) is 22.5. The van der Waals surface area contributed by atoms with Crippen molar-refractivity contribution in [3.8, 4) is 0 Å². The molecule has 1 aromatic carbocycles. The monoisotopic (exact) mass is 416 g/mol. The molecule has 0 saturated carbocycles. The van der Waals surface area contributed by atoms with E-state index >= 15 is 0 Å². The van der Waals surface area contributed by atoms with E-state index < -0.39 is 6.03 Å². The maximum Gasteiger partial charge on any atom is 0.312 e. The van der Waals surface area contributed by atoms with Gasteiger partial charge in [0.1, 0.15) is 0 Å². The van der Waals surface area contributed by atoms with Crippen LogP contribution in [0, 0.1) is 0 Å². The highest BCUT2D eigenvalue weighted by molar-refractivity contribution is 5.71. The number of primary amides is 1. The number of rotatable bonds is 18. The quantitative estimate of drug-likeness (QED) is 0.232. The van der Waals surface area contributed by atoms with Crippen molar-refractivity contribution in [2.45, 2.75) is 110 Å². The molecule has 1 aromatic rings. The van der Waals surface area contributed by atoms with Gasteiger partial charge in [0.15, 0.2) is 0 Å². The van der Waals surface area contributed by atoms with Gasteiger partial charge >= 0.3 is 6.03 Å². The second-order valence-electron chi connectivity index (χ2n) is 8.21. The molecule has 0 unspecified atom stereocenters. The van der Waals surface area contributed by atoms with Crippen molar-refractivity contribution < 1.29 is 4.79 Å². The van der Waals surface area contributed by atoms with Gasteiger partial charge in [0.05, 0.1) is 0 Å². The van der Waals surface area contributed by atoms with Crippen LogP contribution in [-0.4, -0.2) is 12.6 Å². The van der Waals surface area contributed by atoms with E-state index in [1.807, 2.05) is 36.4 Å². The van der Waals surface area contributed by atoms with Crippen LogP contribution in [0.2, 0.25) is 0 Å². The van der Waals surface area contributed by atoms with Crippen LogP contribution in [0.15, 0.2) is 36.9 Å². The second kappa shape index (κ2) is 23.5. The fraction of sp³-hybridized carbons (Fsp3) is 0.667. The summed E-state index contributed by atoms with van der Waals surface area (Å²) >= 11 is 0. The van der Waals surface area contributed by atoms with Crippen molar-refractivity contribution in [3.63, 3.8) is 0 Å². The fourth-order valence-corrected chi connectivity index (χ4v) is 3.47. The van der Waals surface area contributed by atoms with Crippen LogP contribution in [-0.2, 0) is 0 Å². The standard InChI is InChI=1S/C19H40N2O.C8H8/c1-2-3-4-5-6-7-8-9-10-11-12-13-14-15-16-17-18-21-19(20)22;1-2-8-6-4-3-5-7-8/h2-18H2,1H3,(H3,20,21,22);2-7H,1H2. The molecule has 0 radical (unpaired) electrons. The predicted octanol–water partition coefficient (Wildman–Crippen LogP) is 8.25. The Morgan fingerprint density at radius 2 is 1.17 bits per heavy atom. The van der Waals surface area contributed by atoms with Gasteiger partial charge in [-0.15, -0.1) is 0 Å². The van der Waals surface area contributed by atoms with Gasteiger partial charge in [-0.1, -0.05) is 146 Å². The summed E-state index contributed by atoms with van der Waals surface area (Å²) < 4.78 is 0. The number of hydrogen-bond donors (Lipinski definition) is 2. The summed E-state index contributed by atoms with van der Waals surface area (Å²) in [5, 5.41) is 2.63. The molecule has 1 rings (SSSR count). The zero-order valence-corrected chi connectivity index (χ0v) is 19.7. The van der Waals surface area contributed by atoms with Crippen molar-refractivity contribution in [1.82, 2.24) is 5.32 Å². The Labute approximate surface area is 186 Å². The summed E-state index contributed by atoms with van der Waals surface area (Å²) in [5.74, 6) is 0. The Morgan fingerprint density at radius 1 is 0.767 bits per heavy atom. The minimum atomic E-state index is -0.402. The van der Waals surface area contributed by atoms with Crippen LogP contribution in [0.1, 0.15) is 115 Å². The Bertz CT molecular complexity index is 487. The van der Waals surface area contributed by atoms with Crippen LogP contribution in [0.5, 0.6) is 0 Å². The van der Waals surface area contributed by atoms with E-state index in [4.69, 9.17) is 5.73 Å². The number of nitrogens with two attached hydrogens (primary N) is 1. The third-order valence-electron chi connectivity index (χ3n) is 5.36. The molecule has 0 saturated heterocycles. The highest BCUT2D eigenvalue weighted by Gasteiger charge is 1.95. The summed E-state index contributed by atoms with van der Waals surface area (Å²) in [5.41, 5.74) is 6.18. The average molecular weight is 417 g/mol. The molecular weight excluding hydrogens is 368 g/mol. The molecule has 3 heteroatoms. The number of urea groups is 1. The third-order valence-corrected chi connectivity index (χ3v) is 5.36. The lowest BCUT2D eigenvalue weighted by Gasteiger charge is -2.04. The van der Waals surface area contributed by atoms with Crippen molar-refractivity contribution in [2.75, 3.05) is 6.54 Å². The maximum absolute atomic E-state index is 10.5. The highest BCUT2D eigenvalue weighted by atomic mass is 16.2. The molecule has 0 aromatic heterocycles. The van der Waals surface area contributed by atoms with Gasteiger partial charge in [-0.05, 0) is 12.0 Å². The van der Waals surface area contributed by atoms with Crippen molar-refractivity contribution in [2.24, 2.45) is 5.73 Å². The van der Waals surface area contributed by atoms with E-state index in [1.165, 1.54) is 102 Å². The van der Waals surface area contributed by atoms with Gasteiger partial charge in [0.2, 0.25) is 0 Å². The first-order valence-electron chi connectivity index (χ1n) is 12.4. The van der Waals surface area contributed by atoms with Crippen molar-refractivity contribution in [3.05, 3.63) is 42.5 Å². The molecule has 0 aliphatic heterocycles. The molecule has 2 amide bonds. The van der Waals surface area contributed by atoms with Crippen molar-refractivity contribution in [1.29, 1.82) is 0 Å². The van der Waals surface area contributed by atoms with E-state index in [0.29, 0.717) is 0 Å². The number of nitrogens with one attached hydrogen (secondary N) is 1. The Kier molecular flexibility index (Phi) is 22.1. The molecule has 3 nitrogen and oxygen atoms in total. The minimum Gasteiger partial charge on any atom is -0.352 e. The van der Waals surface area contributed by atoms with Gasteiger partial charge in [0.25, 0.3) is 0 Å². The Hall–Kier alpha value is -1.77. The van der Waals surface area contributed by atoms with Gasteiger partial charge < -0.3 is 11.1 Å². The second-order valence-corrected chi connectivity index (χ2v) is 8.21. The number of benzene rings is 1. The lowest BCUT2D eigenvalue weighted by atomic mass is 10.0. The van der Waals surface area contributed by atoms with Crippen molar-refractivity contribution >= 4 is 12.1 Å². The smallest absolute Gasteiger partial charge is 0.312 e.